The van der Waals surface area contributed by atoms with Crippen molar-refractivity contribution in [2.24, 2.45) is 0 Å². The number of halogens is 1. The topological polar surface area (TPSA) is 83.7 Å². The molecule has 4 aromatic rings. The third-order valence-corrected chi connectivity index (χ3v) is 7.65. The number of methoxy groups -OCH3 is 1. The maximum absolute atomic E-state index is 15.3. The van der Waals surface area contributed by atoms with Gasteiger partial charge in [-0.15, -0.1) is 0 Å². The molecule has 1 aromatic heterocycles. The van der Waals surface area contributed by atoms with E-state index in [1.807, 2.05) is 36.4 Å². The fourth-order valence-electron chi connectivity index (χ4n) is 5.91. The number of carbonyl (C=O) groups excluding carboxylic acids is 1. The predicted molar refractivity (Wildman–Crippen MR) is 142 cm³/mol. The summed E-state index contributed by atoms with van der Waals surface area (Å²) in [6.45, 7) is 6.29. The second-order valence-corrected chi connectivity index (χ2v) is 10.2. The maximum Gasteiger partial charge on any atom is 0.306 e. The van der Waals surface area contributed by atoms with E-state index in [9.17, 15) is 4.79 Å². The maximum atomic E-state index is 15.3. The monoisotopic (exact) mass is 528 g/mol. The van der Waals surface area contributed by atoms with Crippen molar-refractivity contribution >= 4 is 5.97 Å². The van der Waals surface area contributed by atoms with Crippen LogP contribution < -0.4 is 9.47 Å². The van der Waals surface area contributed by atoms with E-state index in [-0.39, 0.29) is 24.1 Å². The zero-order valence-corrected chi connectivity index (χ0v) is 22.3. The Kier molecular flexibility index (Phi) is 6.33. The van der Waals surface area contributed by atoms with Crippen molar-refractivity contribution < 1.29 is 27.9 Å². The molecule has 1 aliphatic carbocycles. The van der Waals surface area contributed by atoms with Crippen molar-refractivity contribution in [3.8, 4) is 34.0 Å². The van der Waals surface area contributed by atoms with Gasteiger partial charge in [0.2, 0.25) is 11.7 Å². The van der Waals surface area contributed by atoms with E-state index in [4.69, 9.17) is 18.7 Å². The van der Waals surface area contributed by atoms with Gasteiger partial charge in [0.1, 0.15) is 23.4 Å². The lowest BCUT2D eigenvalue weighted by atomic mass is 9.89. The first-order chi connectivity index (χ1) is 18.8. The van der Waals surface area contributed by atoms with Gasteiger partial charge in [0.15, 0.2) is 0 Å². The largest absolute Gasteiger partial charge is 0.492 e. The number of hydrogen-bond acceptors (Lipinski definition) is 7. The van der Waals surface area contributed by atoms with E-state index in [2.05, 4.69) is 24.0 Å². The average Bonchev–Trinajstić information content (AvgIpc) is 3.64. The number of fused-ring (bicyclic) bond motifs is 2. The van der Waals surface area contributed by atoms with Crippen LogP contribution in [0.3, 0.4) is 0 Å². The summed E-state index contributed by atoms with van der Waals surface area (Å²) in [5.41, 5.74) is 7.64. The number of rotatable bonds is 6. The van der Waals surface area contributed by atoms with E-state index in [0.717, 1.165) is 38.9 Å². The molecule has 0 unspecified atom stereocenters. The number of esters is 1. The van der Waals surface area contributed by atoms with Crippen molar-refractivity contribution in [3.05, 3.63) is 82.0 Å². The average molecular weight is 529 g/mol. The van der Waals surface area contributed by atoms with Crippen LogP contribution in [0.5, 0.6) is 11.5 Å². The highest BCUT2D eigenvalue weighted by Gasteiger charge is 2.32. The summed E-state index contributed by atoms with van der Waals surface area (Å²) >= 11 is 0. The Morgan fingerprint density at radius 2 is 1.90 bits per heavy atom. The quantitative estimate of drug-likeness (QED) is 0.262. The minimum Gasteiger partial charge on any atom is -0.492 e. The summed E-state index contributed by atoms with van der Waals surface area (Å²) in [5.74, 6) is 1.80. The van der Waals surface area contributed by atoms with Crippen LogP contribution in [0.1, 0.15) is 58.6 Å². The third kappa shape index (κ3) is 4.54. The van der Waals surface area contributed by atoms with Gasteiger partial charge in [-0.25, -0.2) is 4.39 Å². The summed E-state index contributed by atoms with van der Waals surface area (Å²) in [6, 6.07) is 13.1. The van der Waals surface area contributed by atoms with E-state index >= 15 is 4.39 Å². The summed E-state index contributed by atoms with van der Waals surface area (Å²) < 4.78 is 37.4. The third-order valence-electron chi connectivity index (χ3n) is 7.65. The second-order valence-electron chi connectivity index (χ2n) is 10.2. The van der Waals surface area contributed by atoms with Gasteiger partial charge in [-0.05, 0) is 78.8 Å². The number of aromatic nitrogens is 2. The van der Waals surface area contributed by atoms with Crippen LogP contribution in [-0.2, 0) is 16.0 Å². The van der Waals surface area contributed by atoms with Gasteiger partial charge in [-0.3, -0.25) is 4.79 Å². The molecule has 200 valence electrons. The molecule has 0 amide bonds. The molecule has 1 aliphatic heterocycles. The molecule has 0 radical (unpaired) electrons. The van der Waals surface area contributed by atoms with E-state index in [1.54, 1.807) is 6.92 Å². The van der Waals surface area contributed by atoms with Gasteiger partial charge in [-0.1, -0.05) is 17.3 Å². The van der Waals surface area contributed by atoms with Crippen molar-refractivity contribution in [1.82, 2.24) is 10.1 Å². The van der Waals surface area contributed by atoms with Crippen molar-refractivity contribution in [3.63, 3.8) is 0 Å². The van der Waals surface area contributed by atoms with Gasteiger partial charge < -0.3 is 18.7 Å². The van der Waals surface area contributed by atoms with Gasteiger partial charge in [0.05, 0.1) is 20.1 Å². The summed E-state index contributed by atoms with van der Waals surface area (Å²) in [6.07, 6.45) is 1.24. The lowest BCUT2D eigenvalue weighted by molar-refractivity contribution is -0.141. The molecule has 6 rings (SSSR count). The summed E-state index contributed by atoms with van der Waals surface area (Å²) in [4.78, 5) is 16.1. The highest BCUT2D eigenvalue weighted by Crippen LogP contribution is 2.45. The molecule has 3 aromatic carbocycles. The molecule has 0 saturated carbocycles. The number of nitrogens with zero attached hydrogens (tertiary/aromatic N) is 2. The second kappa shape index (κ2) is 9.84. The Balaban J connectivity index is 1.29. The summed E-state index contributed by atoms with van der Waals surface area (Å²) in [7, 11) is 1.38. The van der Waals surface area contributed by atoms with E-state index in [1.165, 1.54) is 13.2 Å². The van der Waals surface area contributed by atoms with Crippen LogP contribution in [0.25, 0.3) is 22.5 Å². The zero-order chi connectivity index (χ0) is 27.3. The van der Waals surface area contributed by atoms with Gasteiger partial charge in [-0.2, -0.15) is 4.98 Å². The first-order valence-corrected chi connectivity index (χ1v) is 13.1. The Hall–Kier alpha value is -4.20. The molecule has 2 atom stereocenters. The lowest BCUT2D eigenvalue weighted by Gasteiger charge is -2.19. The predicted octanol–water partition coefficient (Wildman–Crippen LogP) is 6.57. The smallest absolute Gasteiger partial charge is 0.306 e. The molecule has 0 N–H and O–H groups in total. The molecule has 7 nitrogen and oxygen atoms in total. The first kappa shape index (κ1) is 25.1. The minimum absolute atomic E-state index is 0.0457. The fraction of sp³-hybridized carbons (Fsp3) is 0.323. The number of hydrogen-bond donors (Lipinski definition) is 0. The van der Waals surface area contributed by atoms with Crippen LogP contribution in [-0.4, -0.2) is 29.8 Å². The molecule has 2 heterocycles. The summed E-state index contributed by atoms with van der Waals surface area (Å²) in [5, 5.41) is 4.05. The standard InChI is InChI=1S/C31H29FN2O5/c1-16-11-19(31-33-18(3)39-34-31)12-17(2)29(16)23-7-9-25(32)30-24(23)8-10-26(30)38-21-5-6-22-20(13-28(35)36-4)15-37-27(22)14-21/h5-7,9,11-12,14,20,26H,8,10,13,15H2,1-4H3/t20-,26-/m1/s1. The highest BCUT2D eigenvalue weighted by atomic mass is 19.1. The Morgan fingerprint density at radius 1 is 1.10 bits per heavy atom. The van der Waals surface area contributed by atoms with Crippen LogP contribution in [0.4, 0.5) is 4.39 Å². The fourth-order valence-corrected chi connectivity index (χ4v) is 5.91. The Morgan fingerprint density at radius 3 is 2.62 bits per heavy atom. The SMILES string of the molecule is COC(=O)C[C@@H]1COc2cc(O[C@@H]3CCc4c(-c5c(C)cc(-c6noc(C)n6)cc5C)ccc(F)c43)ccc21. The Labute approximate surface area is 225 Å². The van der Waals surface area contributed by atoms with Crippen LogP contribution in [0, 0.1) is 26.6 Å². The normalized spacial score (nSPS) is 17.5. The van der Waals surface area contributed by atoms with Crippen LogP contribution >= 0.6 is 0 Å². The first-order valence-electron chi connectivity index (χ1n) is 13.1. The van der Waals surface area contributed by atoms with Crippen LogP contribution in [0.15, 0.2) is 47.0 Å². The van der Waals surface area contributed by atoms with Crippen molar-refractivity contribution in [2.75, 3.05) is 13.7 Å². The lowest BCUT2D eigenvalue weighted by Crippen LogP contribution is -2.09. The number of carbonyl (C=O) groups is 1. The number of benzene rings is 3. The minimum atomic E-state index is -0.410. The number of aryl methyl sites for hydroxylation is 3. The molecule has 0 bridgehead atoms. The molecular weight excluding hydrogens is 499 g/mol. The molecule has 8 heteroatoms. The molecule has 0 saturated heterocycles. The van der Waals surface area contributed by atoms with E-state index in [0.29, 0.717) is 48.2 Å². The highest BCUT2D eigenvalue weighted by molar-refractivity contribution is 5.78. The van der Waals surface area contributed by atoms with Crippen molar-refractivity contribution in [2.45, 2.75) is 52.1 Å². The molecule has 0 fully saturated rings. The zero-order valence-electron chi connectivity index (χ0n) is 22.3. The number of ether oxygens (including phenoxy) is 3. The molecule has 0 spiro atoms. The van der Waals surface area contributed by atoms with E-state index < -0.39 is 6.10 Å². The van der Waals surface area contributed by atoms with Crippen LogP contribution in [0.2, 0.25) is 0 Å². The van der Waals surface area contributed by atoms with Gasteiger partial charge in [0.25, 0.3) is 0 Å². The van der Waals surface area contributed by atoms with Gasteiger partial charge in [0, 0.05) is 35.6 Å². The Bertz CT molecular complexity index is 1570. The molecular formula is C31H29FN2O5. The van der Waals surface area contributed by atoms with Crippen molar-refractivity contribution in [1.29, 1.82) is 0 Å². The molecule has 2 aliphatic rings. The van der Waals surface area contributed by atoms with Gasteiger partial charge >= 0.3 is 5.97 Å². The molecule has 39 heavy (non-hydrogen) atoms.